The molecule has 0 atom stereocenters. The zero-order valence-electron chi connectivity index (χ0n) is 9.26. The Morgan fingerprint density at radius 3 is 2.56 bits per heavy atom. The van der Waals surface area contributed by atoms with Crippen LogP contribution in [-0.4, -0.2) is 31.2 Å². The molecule has 2 rings (SSSR count). The predicted octanol–water partition coefficient (Wildman–Crippen LogP) is 1.01. The number of aryl methyl sites for hydroxylation is 2. The van der Waals surface area contributed by atoms with Crippen LogP contribution in [0.1, 0.15) is 24.3 Å². The lowest BCUT2D eigenvalue weighted by Gasteiger charge is -2.24. The van der Waals surface area contributed by atoms with Crippen molar-refractivity contribution in [3.05, 3.63) is 11.5 Å². The van der Waals surface area contributed by atoms with Crippen LogP contribution in [0.25, 0.3) is 0 Å². The largest absolute Gasteiger partial charge is 0.360 e. The van der Waals surface area contributed by atoms with E-state index in [0.29, 0.717) is 24.6 Å². The highest BCUT2D eigenvalue weighted by molar-refractivity contribution is 7.89. The van der Waals surface area contributed by atoms with Crippen LogP contribution in [0, 0.1) is 13.8 Å². The third kappa shape index (κ3) is 1.85. The number of nitrogens with zero attached hydrogens (tertiary/aromatic N) is 2. The zero-order chi connectivity index (χ0) is 11.8. The molecule has 90 valence electrons. The standard InChI is InChI=1S/C9H14N2O4S/c1-7-9(8(2)15-10-7)16(12,13)11-5-3-4-6-14-11/h3-6H2,1-2H3. The molecule has 1 saturated heterocycles. The second-order valence-corrected chi connectivity index (χ2v) is 5.49. The smallest absolute Gasteiger partial charge is 0.270 e. The van der Waals surface area contributed by atoms with Gasteiger partial charge in [-0.1, -0.05) is 9.63 Å². The molecule has 6 nitrogen and oxygen atoms in total. The Hall–Kier alpha value is -0.920. The van der Waals surface area contributed by atoms with Gasteiger partial charge in [0, 0.05) is 6.54 Å². The van der Waals surface area contributed by atoms with Crippen LogP contribution in [-0.2, 0) is 14.9 Å². The fraction of sp³-hybridized carbons (Fsp3) is 0.667. The summed E-state index contributed by atoms with van der Waals surface area (Å²) < 4.78 is 30.3. The van der Waals surface area contributed by atoms with Gasteiger partial charge in [-0.15, -0.1) is 0 Å². The summed E-state index contributed by atoms with van der Waals surface area (Å²) in [7, 11) is -3.63. The lowest BCUT2D eigenvalue weighted by Crippen LogP contribution is -2.36. The second-order valence-electron chi connectivity index (χ2n) is 3.73. The Bertz CT molecular complexity index is 454. The van der Waals surface area contributed by atoms with E-state index in [-0.39, 0.29) is 4.90 Å². The summed E-state index contributed by atoms with van der Waals surface area (Å²) in [6.45, 7) is 4.00. The Kier molecular flexibility index (Phi) is 3.00. The maximum absolute atomic E-state index is 12.2. The van der Waals surface area contributed by atoms with Crippen molar-refractivity contribution in [2.45, 2.75) is 31.6 Å². The molecular formula is C9H14N2O4S. The van der Waals surface area contributed by atoms with Crippen LogP contribution in [0.3, 0.4) is 0 Å². The van der Waals surface area contributed by atoms with Gasteiger partial charge in [0.05, 0.1) is 6.61 Å². The van der Waals surface area contributed by atoms with Crippen LogP contribution >= 0.6 is 0 Å². The molecule has 1 fully saturated rings. The van der Waals surface area contributed by atoms with Crippen molar-refractivity contribution in [2.75, 3.05) is 13.2 Å². The number of hydrogen-bond donors (Lipinski definition) is 0. The molecule has 1 aromatic heterocycles. The SMILES string of the molecule is Cc1noc(C)c1S(=O)(=O)N1CCCCO1. The molecule has 0 unspecified atom stereocenters. The van der Waals surface area contributed by atoms with E-state index in [1.807, 2.05) is 0 Å². The van der Waals surface area contributed by atoms with Gasteiger partial charge in [0.15, 0.2) is 5.76 Å². The molecule has 0 N–H and O–H groups in total. The van der Waals surface area contributed by atoms with E-state index < -0.39 is 10.0 Å². The fourth-order valence-corrected chi connectivity index (χ4v) is 3.31. The molecule has 1 aliphatic rings. The molecule has 7 heteroatoms. The van der Waals surface area contributed by atoms with Crippen LogP contribution in [0.15, 0.2) is 9.42 Å². The lowest BCUT2D eigenvalue weighted by atomic mass is 10.3. The summed E-state index contributed by atoms with van der Waals surface area (Å²) in [5, 5.41) is 3.64. The summed E-state index contributed by atoms with van der Waals surface area (Å²) >= 11 is 0. The minimum atomic E-state index is -3.63. The Labute approximate surface area is 94.2 Å². The fourth-order valence-electron chi connectivity index (χ4n) is 1.71. The Balaban J connectivity index is 2.38. The van der Waals surface area contributed by atoms with E-state index in [0.717, 1.165) is 17.3 Å². The molecule has 1 aliphatic heterocycles. The molecule has 0 radical (unpaired) electrons. The first kappa shape index (κ1) is 11.6. The van der Waals surface area contributed by atoms with Gasteiger partial charge >= 0.3 is 0 Å². The van der Waals surface area contributed by atoms with Crippen molar-refractivity contribution in [2.24, 2.45) is 0 Å². The van der Waals surface area contributed by atoms with Crippen LogP contribution in [0.2, 0.25) is 0 Å². The third-order valence-electron chi connectivity index (χ3n) is 2.46. The Morgan fingerprint density at radius 2 is 2.06 bits per heavy atom. The van der Waals surface area contributed by atoms with Crippen LogP contribution in [0.4, 0.5) is 0 Å². The van der Waals surface area contributed by atoms with Crippen LogP contribution in [0.5, 0.6) is 0 Å². The van der Waals surface area contributed by atoms with Gasteiger partial charge in [0.25, 0.3) is 10.0 Å². The van der Waals surface area contributed by atoms with Crippen molar-refractivity contribution in [3.8, 4) is 0 Å². The Morgan fingerprint density at radius 1 is 1.31 bits per heavy atom. The third-order valence-corrected chi connectivity index (χ3v) is 4.39. The van der Waals surface area contributed by atoms with Gasteiger partial charge in [-0.2, -0.15) is 0 Å². The first-order chi connectivity index (χ1) is 7.53. The van der Waals surface area contributed by atoms with Gasteiger partial charge in [-0.25, -0.2) is 8.42 Å². The highest BCUT2D eigenvalue weighted by atomic mass is 32.2. The molecule has 0 bridgehead atoms. The van der Waals surface area contributed by atoms with Crippen LogP contribution < -0.4 is 0 Å². The monoisotopic (exact) mass is 246 g/mol. The number of sulfonamides is 1. The average Bonchev–Trinajstić information content (AvgIpc) is 2.60. The first-order valence-corrected chi connectivity index (χ1v) is 6.56. The van der Waals surface area contributed by atoms with Crippen molar-refractivity contribution < 1.29 is 17.8 Å². The van der Waals surface area contributed by atoms with E-state index >= 15 is 0 Å². The molecule has 0 aromatic carbocycles. The molecule has 0 amide bonds. The average molecular weight is 246 g/mol. The van der Waals surface area contributed by atoms with Crippen molar-refractivity contribution in [1.82, 2.24) is 9.63 Å². The highest BCUT2D eigenvalue weighted by Gasteiger charge is 2.32. The van der Waals surface area contributed by atoms with Crippen molar-refractivity contribution in [3.63, 3.8) is 0 Å². The number of aromatic nitrogens is 1. The molecule has 1 aromatic rings. The molecule has 0 spiro atoms. The molecule has 0 saturated carbocycles. The lowest BCUT2D eigenvalue weighted by molar-refractivity contribution is -0.108. The van der Waals surface area contributed by atoms with E-state index in [1.54, 1.807) is 13.8 Å². The van der Waals surface area contributed by atoms with Gasteiger partial charge in [0.1, 0.15) is 10.6 Å². The first-order valence-electron chi connectivity index (χ1n) is 5.12. The predicted molar refractivity (Wildman–Crippen MR) is 55.1 cm³/mol. The number of hydroxylamine groups is 1. The summed E-state index contributed by atoms with van der Waals surface area (Å²) in [6.07, 6.45) is 1.69. The van der Waals surface area contributed by atoms with E-state index in [4.69, 9.17) is 9.36 Å². The van der Waals surface area contributed by atoms with Crippen molar-refractivity contribution in [1.29, 1.82) is 0 Å². The summed E-state index contributed by atoms with van der Waals surface area (Å²) in [6, 6.07) is 0. The molecule has 0 aliphatic carbocycles. The summed E-state index contributed by atoms with van der Waals surface area (Å²) in [5.74, 6) is 0.298. The van der Waals surface area contributed by atoms with Gasteiger partial charge in [-0.05, 0) is 26.7 Å². The summed E-state index contributed by atoms with van der Waals surface area (Å²) in [5.41, 5.74) is 0.367. The molecular weight excluding hydrogens is 232 g/mol. The van der Waals surface area contributed by atoms with E-state index in [9.17, 15) is 8.42 Å². The highest BCUT2D eigenvalue weighted by Crippen LogP contribution is 2.25. The number of hydrogen-bond acceptors (Lipinski definition) is 5. The zero-order valence-corrected chi connectivity index (χ0v) is 10.1. The normalized spacial score (nSPS) is 18.9. The topological polar surface area (TPSA) is 72.6 Å². The molecule has 2 heterocycles. The maximum atomic E-state index is 12.2. The van der Waals surface area contributed by atoms with Crippen molar-refractivity contribution >= 4 is 10.0 Å². The minimum absolute atomic E-state index is 0.120. The van der Waals surface area contributed by atoms with Gasteiger partial charge in [0.2, 0.25) is 0 Å². The van der Waals surface area contributed by atoms with Gasteiger partial charge < -0.3 is 4.52 Å². The summed E-state index contributed by atoms with van der Waals surface area (Å²) in [4.78, 5) is 5.27. The minimum Gasteiger partial charge on any atom is -0.360 e. The molecule has 16 heavy (non-hydrogen) atoms. The maximum Gasteiger partial charge on any atom is 0.270 e. The van der Waals surface area contributed by atoms with E-state index in [1.165, 1.54) is 0 Å². The number of rotatable bonds is 2. The van der Waals surface area contributed by atoms with E-state index in [2.05, 4.69) is 5.16 Å². The van der Waals surface area contributed by atoms with Gasteiger partial charge in [-0.3, -0.25) is 4.84 Å². The second kappa shape index (κ2) is 4.15. The quantitative estimate of drug-likeness (QED) is 0.778.